The van der Waals surface area contributed by atoms with Gasteiger partial charge in [0.1, 0.15) is 23.0 Å². The number of methoxy groups -OCH3 is 4. The molecule has 0 aliphatic heterocycles. The van der Waals surface area contributed by atoms with Crippen LogP contribution in [0, 0.1) is 0 Å². The van der Waals surface area contributed by atoms with Crippen molar-refractivity contribution in [3.63, 3.8) is 0 Å². The summed E-state index contributed by atoms with van der Waals surface area (Å²) in [6.45, 7) is 0. The van der Waals surface area contributed by atoms with Crippen molar-refractivity contribution >= 4 is 22.3 Å². The lowest BCUT2D eigenvalue weighted by atomic mass is 9.63. The van der Waals surface area contributed by atoms with E-state index in [1.807, 2.05) is 0 Å². The topological polar surface area (TPSA) is 36.9 Å². The molecular weight excluding hydrogens is 772 g/mol. The first kappa shape index (κ1) is 41.4. The lowest BCUT2D eigenvalue weighted by Crippen LogP contribution is -2.32. The second-order valence-corrected chi connectivity index (χ2v) is 11.9. The van der Waals surface area contributed by atoms with E-state index in [1.165, 1.54) is 0 Å². The fourth-order valence-electron chi connectivity index (χ4n) is 6.27. The van der Waals surface area contributed by atoms with Crippen LogP contribution in [0.1, 0.15) is 22.3 Å². The molecular formula is C40H28F12O4. The molecule has 4 nitrogen and oxygen atoms in total. The maximum absolute atomic E-state index is 15.5. The van der Waals surface area contributed by atoms with Gasteiger partial charge >= 0.3 is 24.7 Å². The average molecular weight is 801 g/mol. The Morgan fingerprint density at radius 1 is 0.286 bits per heavy atom. The second kappa shape index (κ2) is 15.4. The average Bonchev–Trinajstić information content (AvgIpc) is 3.13. The Bertz CT molecular complexity index is 1850. The summed E-state index contributed by atoms with van der Waals surface area (Å²) >= 11 is 0. The number of hydrogen-bond acceptors (Lipinski definition) is 4. The van der Waals surface area contributed by atoms with Crippen molar-refractivity contribution in [3.05, 3.63) is 142 Å². The molecule has 4 aromatic rings. The molecule has 1 saturated carbocycles. The Kier molecular flexibility index (Phi) is 11.4. The quantitative estimate of drug-likeness (QED) is 0.166. The third kappa shape index (κ3) is 8.23. The Morgan fingerprint density at radius 3 is 0.536 bits per heavy atom. The summed E-state index contributed by atoms with van der Waals surface area (Å²) < 4.78 is 206. The fraction of sp³-hybridized carbons (Fsp3) is 0.200. The largest absolute Gasteiger partial charge is 0.497 e. The number of ether oxygens (including phenoxy) is 4. The lowest BCUT2D eigenvalue weighted by molar-refractivity contribution is -0.0732. The van der Waals surface area contributed by atoms with E-state index >= 15 is 52.7 Å². The van der Waals surface area contributed by atoms with Gasteiger partial charge in [0.15, 0.2) is 0 Å². The monoisotopic (exact) mass is 800 g/mol. The minimum Gasteiger partial charge on any atom is -0.497 e. The lowest BCUT2D eigenvalue weighted by Gasteiger charge is -2.40. The van der Waals surface area contributed by atoms with E-state index in [9.17, 15) is 0 Å². The molecule has 1 aliphatic rings. The van der Waals surface area contributed by atoms with Gasteiger partial charge in [0.25, 0.3) is 0 Å². The minimum atomic E-state index is -5.77. The predicted molar refractivity (Wildman–Crippen MR) is 184 cm³/mol. The Hall–Kier alpha value is -5.80. The van der Waals surface area contributed by atoms with Gasteiger partial charge in [-0.1, -0.05) is 48.5 Å². The van der Waals surface area contributed by atoms with Gasteiger partial charge in [0.2, 0.25) is 0 Å². The van der Waals surface area contributed by atoms with Gasteiger partial charge in [-0.25, -0.2) is 0 Å². The van der Waals surface area contributed by atoms with Crippen molar-refractivity contribution in [2.75, 3.05) is 28.4 Å². The fourth-order valence-corrected chi connectivity index (χ4v) is 6.27. The van der Waals surface area contributed by atoms with Crippen LogP contribution in [0.5, 0.6) is 23.0 Å². The first-order valence-corrected chi connectivity index (χ1v) is 16.0. The molecule has 0 atom stereocenters. The van der Waals surface area contributed by atoms with Gasteiger partial charge < -0.3 is 18.9 Å². The van der Waals surface area contributed by atoms with E-state index in [0.717, 1.165) is 126 Å². The molecule has 0 unspecified atom stereocenters. The summed E-state index contributed by atoms with van der Waals surface area (Å²) in [6.07, 6.45) is -23.1. The van der Waals surface area contributed by atoms with E-state index in [0.29, 0.717) is 0 Å². The second-order valence-electron chi connectivity index (χ2n) is 11.9. The molecule has 0 spiro atoms. The van der Waals surface area contributed by atoms with Gasteiger partial charge in [-0.15, -0.1) is 0 Å². The van der Waals surface area contributed by atoms with Crippen molar-refractivity contribution in [2.24, 2.45) is 0 Å². The van der Waals surface area contributed by atoms with Crippen molar-refractivity contribution in [1.82, 2.24) is 0 Å². The van der Waals surface area contributed by atoms with Crippen LogP contribution in [0.25, 0.3) is 22.3 Å². The molecule has 5 rings (SSSR count). The van der Waals surface area contributed by atoms with Crippen molar-refractivity contribution in [2.45, 2.75) is 24.7 Å². The molecule has 4 aromatic carbocycles. The van der Waals surface area contributed by atoms with Gasteiger partial charge in [-0.2, -0.15) is 52.7 Å². The summed E-state index contributed by atoms with van der Waals surface area (Å²) in [5.41, 5.74) is -19.3. The standard InChI is InChI=1S/C40H28F12O4/c1-53-25-13-5-21(6-14-25)33(37(41,42)43)29-30(34(38(44,45)46)22-7-15-26(54-2)16-8-22)32(36(40(50,51)52)24-11-19-28(56-4)20-12-24)31(29)35(39(47,48)49)23-9-17-27(55-3)18-10-23/h5-20H,1-4H3. The van der Waals surface area contributed by atoms with Crippen LogP contribution < -0.4 is 18.9 Å². The molecule has 1 fully saturated rings. The molecule has 0 N–H and O–H groups in total. The van der Waals surface area contributed by atoms with Crippen molar-refractivity contribution < 1.29 is 71.6 Å². The zero-order valence-electron chi connectivity index (χ0n) is 29.4. The van der Waals surface area contributed by atoms with Crippen LogP contribution >= 0.6 is 0 Å². The normalized spacial score (nSPS) is 13.6. The molecule has 0 aromatic heterocycles. The number of benzene rings is 4. The van der Waals surface area contributed by atoms with E-state index < -0.39 is 91.5 Å². The smallest absolute Gasteiger partial charge is 0.417 e. The third-order valence-electron chi connectivity index (χ3n) is 8.65. The van der Waals surface area contributed by atoms with Crippen LogP contribution in [-0.4, -0.2) is 53.1 Å². The van der Waals surface area contributed by atoms with Crippen LogP contribution in [0.15, 0.2) is 119 Å². The summed E-state index contributed by atoms with van der Waals surface area (Å²) in [7, 11) is 4.59. The number of alkyl halides is 12. The van der Waals surface area contributed by atoms with Gasteiger partial charge in [0.05, 0.1) is 50.7 Å². The highest BCUT2D eigenvalue weighted by Crippen LogP contribution is 2.63. The summed E-state index contributed by atoms with van der Waals surface area (Å²) in [5, 5.41) is 0. The zero-order chi connectivity index (χ0) is 41.4. The van der Waals surface area contributed by atoms with E-state index in [1.54, 1.807) is 0 Å². The number of hydrogen-bond donors (Lipinski definition) is 0. The van der Waals surface area contributed by atoms with E-state index in [-0.39, 0.29) is 23.0 Å². The number of halogens is 12. The summed E-state index contributed by atoms with van der Waals surface area (Å²) in [4.78, 5) is 0. The van der Waals surface area contributed by atoms with Gasteiger partial charge in [-0.3, -0.25) is 0 Å². The van der Waals surface area contributed by atoms with Crippen molar-refractivity contribution in [3.8, 4) is 23.0 Å². The minimum absolute atomic E-state index is 0.0386. The number of allylic oxidation sites excluding steroid dienone is 8. The van der Waals surface area contributed by atoms with E-state index in [4.69, 9.17) is 18.9 Å². The molecule has 0 amide bonds. The summed E-state index contributed by atoms with van der Waals surface area (Å²) in [6, 6.07) is 13.5. The van der Waals surface area contributed by atoms with Crippen LogP contribution in [-0.2, 0) is 0 Å². The van der Waals surface area contributed by atoms with Gasteiger partial charge in [0, 0.05) is 22.3 Å². The molecule has 0 bridgehead atoms. The molecule has 0 saturated heterocycles. The van der Waals surface area contributed by atoms with Crippen LogP contribution in [0.2, 0.25) is 0 Å². The first-order valence-electron chi connectivity index (χ1n) is 16.0. The molecule has 296 valence electrons. The van der Waals surface area contributed by atoms with E-state index in [2.05, 4.69) is 0 Å². The molecule has 0 heterocycles. The maximum atomic E-state index is 15.5. The highest BCUT2D eigenvalue weighted by Gasteiger charge is 2.56. The van der Waals surface area contributed by atoms with Crippen LogP contribution in [0.3, 0.4) is 0 Å². The maximum Gasteiger partial charge on any atom is 0.417 e. The molecule has 0 radical (unpaired) electrons. The first-order chi connectivity index (χ1) is 26.1. The molecule has 16 heteroatoms. The molecule has 56 heavy (non-hydrogen) atoms. The molecule has 1 aliphatic carbocycles. The SMILES string of the molecule is COc1ccc(C(=C2C(=C(c3ccc(OC)cc3)C(F)(F)F)C(=C(c3ccc(OC)cc3)C(F)(F)F)C2=C(c2ccc(OC)cc2)C(F)(F)F)C(F)(F)F)cc1. The Labute approximate surface area is 311 Å². The van der Waals surface area contributed by atoms with Crippen molar-refractivity contribution in [1.29, 1.82) is 0 Å². The van der Waals surface area contributed by atoms with Crippen LogP contribution in [0.4, 0.5) is 52.7 Å². The zero-order valence-corrected chi connectivity index (χ0v) is 29.4. The Balaban J connectivity index is 2.20. The van der Waals surface area contributed by atoms with Gasteiger partial charge in [-0.05, 0) is 70.8 Å². The Morgan fingerprint density at radius 2 is 0.429 bits per heavy atom. The predicted octanol–water partition coefficient (Wildman–Crippen LogP) is 12.1. The highest BCUT2D eigenvalue weighted by molar-refractivity contribution is 6.09. The highest BCUT2D eigenvalue weighted by atomic mass is 19.4. The third-order valence-corrected chi connectivity index (χ3v) is 8.65. The number of rotatable bonds is 8. The summed E-state index contributed by atoms with van der Waals surface area (Å²) in [5.74, 6) is -0.154.